The van der Waals surface area contributed by atoms with E-state index in [9.17, 15) is 9.59 Å². The molecule has 0 aliphatic carbocycles. The van der Waals surface area contributed by atoms with Crippen LogP contribution in [0, 0.1) is 11.8 Å². The molecule has 1 amide bonds. The van der Waals surface area contributed by atoms with Gasteiger partial charge in [-0.3, -0.25) is 4.79 Å². The topological polar surface area (TPSA) is 55.8 Å². The van der Waals surface area contributed by atoms with Gasteiger partial charge in [0.25, 0.3) is 0 Å². The SMILES string of the molecule is COC(=O)[C@@H](C)C1CCN(C(=O)OC(C)(C)C)CC1. The van der Waals surface area contributed by atoms with Gasteiger partial charge in [-0.1, -0.05) is 6.92 Å². The maximum atomic E-state index is 11.9. The van der Waals surface area contributed by atoms with E-state index in [1.807, 2.05) is 27.7 Å². The molecule has 1 fully saturated rings. The molecule has 0 spiro atoms. The number of amides is 1. The van der Waals surface area contributed by atoms with Gasteiger partial charge in [-0.05, 0) is 39.5 Å². The highest BCUT2D eigenvalue weighted by Crippen LogP contribution is 2.26. The minimum Gasteiger partial charge on any atom is -0.469 e. The van der Waals surface area contributed by atoms with Crippen LogP contribution in [0.3, 0.4) is 0 Å². The van der Waals surface area contributed by atoms with E-state index in [2.05, 4.69) is 0 Å². The van der Waals surface area contributed by atoms with E-state index in [4.69, 9.17) is 9.47 Å². The first-order valence-electron chi connectivity index (χ1n) is 6.80. The number of nitrogens with zero attached hydrogens (tertiary/aromatic N) is 1. The molecular formula is C14H25NO4. The van der Waals surface area contributed by atoms with Crippen LogP contribution < -0.4 is 0 Å². The second-order valence-electron chi connectivity index (χ2n) is 6.12. The second kappa shape index (κ2) is 6.26. The molecule has 1 aliphatic heterocycles. The number of carbonyl (C=O) groups is 2. The van der Waals surface area contributed by atoms with Crippen molar-refractivity contribution in [2.45, 2.75) is 46.1 Å². The number of piperidine rings is 1. The van der Waals surface area contributed by atoms with E-state index >= 15 is 0 Å². The van der Waals surface area contributed by atoms with Gasteiger partial charge in [-0.15, -0.1) is 0 Å². The third-order valence-corrected chi connectivity index (χ3v) is 3.47. The molecule has 5 nitrogen and oxygen atoms in total. The molecule has 19 heavy (non-hydrogen) atoms. The van der Waals surface area contributed by atoms with Crippen molar-refractivity contribution < 1.29 is 19.1 Å². The average Bonchev–Trinajstić information content (AvgIpc) is 2.35. The Labute approximate surface area is 115 Å². The minimum absolute atomic E-state index is 0.106. The van der Waals surface area contributed by atoms with E-state index in [1.54, 1.807) is 4.90 Å². The summed E-state index contributed by atoms with van der Waals surface area (Å²) in [5.74, 6) is 0.00708. The number of methoxy groups -OCH3 is 1. The summed E-state index contributed by atoms with van der Waals surface area (Å²) >= 11 is 0. The number of hydrogen-bond acceptors (Lipinski definition) is 4. The molecule has 0 N–H and O–H groups in total. The first-order chi connectivity index (χ1) is 8.74. The lowest BCUT2D eigenvalue weighted by Gasteiger charge is -2.34. The average molecular weight is 271 g/mol. The van der Waals surface area contributed by atoms with Gasteiger partial charge >= 0.3 is 12.1 Å². The highest BCUT2D eigenvalue weighted by atomic mass is 16.6. The van der Waals surface area contributed by atoms with Crippen molar-refractivity contribution in [1.29, 1.82) is 0 Å². The number of hydrogen-bond donors (Lipinski definition) is 0. The monoisotopic (exact) mass is 271 g/mol. The molecule has 1 atom stereocenters. The lowest BCUT2D eigenvalue weighted by Crippen LogP contribution is -2.43. The van der Waals surface area contributed by atoms with Crippen LogP contribution in [0.5, 0.6) is 0 Å². The van der Waals surface area contributed by atoms with E-state index in [0.717, 1.165) is 12.8 Å². The van der Waals surface area contributed by atoms with Crippen molar-refractivity contribution in [3.63, 3.8) is 0 Å². The van der Waals surface area contributed by atoms with Crippen LogP contribution in [-0.4, -0.2) is 42.8 Å². The van der Waals surface area contributed by atoms with Crippen molar-refractivity contribution in [3.05, 3.63) is 0 Å². The molecule has 1 aliphatic rings. The summed E-state index contributed by atoms with van der Waals surface area (Å²) in [5.41, 5.74) is -0.465. The van der Waals surface area contributed by atoms with Crippen molar-refractivity contribution in [3.8, 4) is 0 Å². The molecule has 0 saturated carbocycles. The number of rotatable bonds is 2. The third-order valence-electron chi connectivity index (χ3n) is 3.47. The fourth-order valence-electron chi connectivity index (χ4n) is 2.29. The number of carbonyl (C=O) groups excluding carboxylic acids is 2. The molecule has 1 rings (SSSR count). The number of esters is 1. The Bertz CT molecular complexity index is 327. The van der Waals surface area contributed by atoms with Crippen LogP contribution in [0.4, 0.5) is 4.79 Å². The number of likely N-dealkylation sites (tertiary alicyclic amines) is 1. The molecule has 0 bridgehead atoms. The van der Waals surface area contributed by atoms with E-state index < -0.39 is 5.60 Å². The zero-order chi connectivity index (χ0) is 14.6. The third kappa shape index (κ3) is 4.73. The van der Waals surface area contributed by atoms with Crippen LogP contribution in [0.2, 0.25) is 0 Å². The summed E-state index contributed by atoms with van der Waals surface area (Å²) < 4.78 is 10.1. The Morgan fingerprint density at radius 1 is 1.21 bits per heavy atom. The molecule has 0 aromatic rings. The zero-order valence-corrected chi connectivity index (χ0v) is 12.6. The van der Waals surface area contributed by atoms with Gasteiger partial charge in [-0.25, -0.2) is 4.79 Å². The van der Waals surface area contributed by atoms with Crippen molar-refractivity contribution in [2.24, 2.45) is 11.8 Å². The summed E-state index contributed by atoms with van der Waals surface area (Å²) in [4.78, 5) is 25.1. The zero-order valence-electron chi connectivity index (χ0n) is 12.6. The smallest absolute Gasteiger partial charge is 0.410 e. The summed E-state index contributed by atoms with van der Waals surface area (Å²) in [6.07, 6.45) is 1.36. The molecular weight excluding hydrogens is 246 g/mol. The first-order valence-corrected chi connectivity index (χ1v) is 6.80. The lowest BCUT2D eigenvalue weighted by molar-refractivity contribution is -0.147. The maximum Gasteiger partial charge on any atom is 0.410 e. The predicted octanol–water partition coefficient (Wildman–Crippen LogP) is 2.44. The molecule has 5 heteroatoms. The number of ether oxygens (including phenoxy) is 2. The first kappa shape index (κ1) is 15.8. The minimum atomic E-state index is -0.465. The van der Waals surface area contributed by atoms with Crippen LogP contribution in [-0.2, 0) is 14.3 Å². The van der Waals surface area contributed by atoms with Crippen molar-refractivity contribution in [2.75, 3.05) is 20.2 Å². The molecule has 1 saturated heterocycles. The van der Waals surface area contributed by atoms with E-state index in [1.165, 1.54) is 7.11 Å². The Morgan fingerprint density at radius 3 is 2.16 bits per heavy atom. The quantitative estimate of drug-likeness (QED) is 0.724. The van der Waals surface area contributed by atoms with Crippen molar-refractivity contribution >= 4 is 12.1 Å². The largest absolute Gasteiger partial charge is 0.469 e. The highest BCUT2D eigenvalue weighted by Gasteiger charge is 2.31. The van der Waals surface area contributed by atoms with Gasteiger partial charge in [0.1, 0.15) is 5.60 Å². The maximum absolute atomic E-state index is 11.9. The molecule has 110 valence electrons. The molecule has 0 aromatic carbocycles. The predicted molar refractivity (Wildman–Crippen MR) is 71.7 cm³/mol. The fourth-order valence-corrected chi connectivity index (χ4v) is 2.29. The fraction of sp³-hybridized carbons (Fsp3) is 0.857. The summed E-state index contributed by atoms with van der Waals surface area (Å²) in [6.45, 7) is 8.74. The highest BCUT2D eigenvalue weighted by molar-refractivity contribution is 5.72. The second-order valence-corrected chi connectivity index (χ2v) is 6.12. The van der Waals surface area contributed by atoms with Crippen LogP contribution in [0.25, 0.3) is 0 Å². The molecule has 1 heterocycles. The Balaban J connectivity index is 2.45. The van der Waals surface area contributed by atoms with Gasteiger partial charge in [0.2, 0.25) is 0 Å². The van der Waals surface area contributed by atoms with E-state index in [-0.39, 0.29) is 23.9 Å². The van der Waals surface area contributed by atoms with Crippen LogP contribution >= 0.6 is 0 Å². The Hall–Kier alpha value is -1.26. The van der Waals surface area contributed by atoms with Gasteiger partial charge in [0.05, 0.1) is 13.0 Å². The lowest BCUT2D eigenvalue weighted by atomic mass is 9.85. The van der Waals surface area contributed by atoms with Gasteiger partial charge in [0, 0.05) is 13.1 Å². The van der Waals surface area contributed by atoms with Gasteiger partial charge in [0.15, 0.2) is 0 Å². The van der Waals surface area contributed by atoms with Crippen molar-refractivity contribution in [1.82, 2.24) is 4.90 Å². The molecule has 0 aromatic heterocycles. The summed E-state index contributed by atoms with van der Waals surface area (Å²) in [6, 6.07) is 0. The van der Waals surface area contributed by atoms with Gasteiger partial charge in [-0.2, -0.15) is 0 Å². The van der Waals surface area contributed by atoms with Crippen LogP contribution in [0.15, 0.2) is 0 Å². The van der Waals surface area contributed by atoms with Gasteiger partial charge < -0.3 is 14.4 Å². The van der Waals surface area contributed by atoms with Crippen LogP contribution in [0.1, 0.15) is 40.5 Å². The summed E-state index contributed by atoms with van der Waals surface area (Å²) in [7, 11) is 1.41. The Kier molecular flexibility index (Phi) is 5.20. The molecule has 0 radical (unpaired) electrons. The van der Waals surface area contributed by atoms with E-state index in [0.29, 0.717) is 13.1 Å². The standard InChI is InChI=1S/C14H25NO4/c1-10(12(16)18-5)11-6-8-15(9-7-11)13(17)19-14(2,3)4/h10-11H,6-9H2,1-5H3/t10-/m0/s1. The summed E-state index contributed by atoms with van der Waals surface area (Å²) in [5, 5.41) is 0. The normalized spacial score (nSPS) is 18.9. The molecule has 0 unspecified atom stereocenters. The Morgan fingerprint density at radius 2 is 1.74 bits per heavy atom.